The molecule has 1 aliphatic heterocycles. The Bertz CT molecular complexity index is 411. The van der Waals surface area contributed by atoms with Crippen molar-refractivity contribution < 1.29 is 9.59 Å². The van der Waals surface area contributed by atoms with E-state index in [1.165, 1.54) is 6.42 Å². The molecular weight excluding hydrogens is 264 g/mol. The largest absolute Gasteiger partial charge is 0.340 e. The number of nitrogens with one attached hydrogen (secondary N) is 1. The Morgan fingerprint density at radius 1 is 1.19 bits per heavy atom. The van der Waals surface area contributed by atoms with E-state index in [2.05, 4.69) is 26.1 Å². The molecule has 0 aromatic heterocycles. The maximum absolute atomic E-state index is 13.1. The highest BCUT2D eigenvalue weighted by Gasteiger charge is 2.51. The molecule has 1 aliphatic carbocycles. The van der Waals surface area contributed by atoms with Crippen molar-refractivity contribution >= 4 is 11.8 Å². The average Bonchev–Trinajstić information content (AvgIpc) is 2.46. The van der Waals surface area contributed by atoms with E-state index in [-0.39, 0.29) is 23.3 Å². The summed E-state index contributed by atoms with van der Waals surface area (Å²) in [5, 5.41) is 3.09. The van der Waals surface area contributed by atoms with Crippen molar-refractivity contribution in [2.45, 2.75) is 84.2 Å². The van der Waals surface area contributed by atoms with Gasteiger partial charge in [-0.1, -0.05) is 47.0 Å². The number of hydrogen-bond donors (Lipinski definition) is 1. The zero-order valence-corrected chi connectivity index (χ0v) is 14.0. The topological polar surface area (TPSA) is 49.4 Å². The van der Waals surface area contributed by atoms with Gasteiger partial charge in [0, 0.05) is 6.54 Å². The summed E-state index contributed by atoms with van der Waals surface area (Å²) < 4.78 is 0. The van der Waals surface area contributed by atoms with Gasteiger partial charge in [-0.3, -0.25) is 9.59 Å². The van der Waals surface area contributed by atoms with Gasteiger partial charge in [-0.25, -0.2) is 0 Å². The van der Waals surface area contributed by atoms with Gasteiger partial charge >= 0.3 is 0 Å². The minimum atomic E-state index is -0.606. The minimum Gasteiger partial charge on any atom is -0.340 e. The smallest absolute Gasteiger partial charge is 0.249 e. The molecule has 4 heteroatoms. The number of amides is 2. The molecule has 2 fully saturated rings. The molecule has 2 amide bonds. The van der Waals surface area contributed by atoms with E-state index in [0.717, 1.165) is 32.1 Å². The fourth-order valence-electron chi connectivity index (χ4n) is 3.59. The first-order chi connectivity index (χ1) is 9.85. The van der Waals surface area contributed by atoms with Crippen LogP contribution in [0, 0.1) is 5.41 Å². The second-order valence-corrected chi connectivity index (χ2v) is 7.51. The van der Waals surface area contributed by atoms with Crippen LogP contribution in [0.5, 0.6) is 0 Å². The molecule has 21 heavy (non-hydrogen) atoms. The number of carbonyl (C=O) groups excluding carboxylic acids is 2. The molecule has 1 unspecified atom stereocenters. The zero-order chi connectivity index (χ0) is 15.7. The number of carbonyl (C=O) groups is 2. The van der Waals surface area contributed by atoms with E-state index in [1.54, 1.807) is 0 Å². The predicted octanol–water partition coefficient (Wildman–Crippen LogP) is 2.86. The Kier molecular flexibility index (Phi) is 4.64. The molecule has 0 aromatic rings. The van der Waals surface area contributed by atoms with Gasteiger partial charge in [0.15, 0.2) is 0 Å². The molecule has 1 saturated heterocycles. The Hall–Kier alpha value is -1.06. The molecular formula is C17H30N2O2. The van der Waals surface area contributed by atoms with Gasteiger partial charge < -0.3 is 10.2 Å². The lowest BCUT2D eigenvalue weighted by molar-refractivity contribution is -0.158. The fourth-order valence-corrected chi connectivity index (χ4v) is 3.59. The van der Waals surface area contributed by atoms with E-state index < -0.39 is 5.54 Å². The van der Waals surface area contributed by atoms with Gasteiger partial charge in [-0.15, -0.1) is 0 Å². The Labute approximate surface area is 128 Å². The van der Waals surface area contributed by atoms with Gasteiger partial charge in [0.05, 0.1) is 0 Å². The Balaban J connectivity index is 2.28. The summed E-state index contributed by atoms with van der Waals surface area (Å²) in [6.07, 6.45) is 6.54. The maximum Gasteiger partial charge on any atom is 0.249 e. The highest BCUT2D eigenvalue weighted by molar-refractivity contribution is 5.99. The van der Waals surface area contributed by atoms with Crippen LogP contribution in [0.25, 0.3) is 0 Å². The summed E-state index contributed by atoms with van der Waals surface area (Å²) in [4.78, 5) is 27.5. The van der Waals surface area contributed by atoms with Crippen LogP contribution in [0.2, 0.25) is 0 Å². The molecule has 2 rings (SSSR count). The third-order valence-corrected chi connectivity index (χ3v) is 5.36. The summed E-state index contributed by atoms with van der Waals surface area (Å²) in [6, 6.07) is -0.295. The van der Waals surface area contributed by atoms with Crippen LogP contribution < -0.4 is 5.32 Å². The highest BCUT2D eigenvalue weighted by atomic mass is 16.2. The third kappa shape index (κ3) is 3.09. The lowest BCUT2D eigenvalue weighted by Crippen LogP contribution is -2.71. The summed E-state index contributed by atoms with van der Waals surface area (Å²) in [6.45, 7) is 9.16. The molecule has 1 spiro atoms. The van der Waals surface area contributed by atoms with Crippen LogP contribution >= 0.6 is 0 Å². The van der Waals surface area contributed by atoms with Gasteiger partial charge in [0.2, 0.25) is 11.8 Å². The predicted molar refractivity (Wildman–Crippen MR) is 83.8 cm³/mol. The first kappa shape index (κ1) is 16.3. The van der Waals surface area contributed by atoms with Crippen LogP contribution in [0.3, 0.4) is 0 Å². The normalized spacial score (nSPS) is 26.1. The fraction of sp³-hybridized carbons (Fsp3) is 0.882. The molecule has 0 radical (unpaired) electrons. The van der Waals surface area contributed by atoms with Crippen molar-refractivity contribution in [1.29, 1.82) is 0 Å². The maximum atomic E-state index is 13.1. The summed E-state index contributed by atoms with van der Waals surface area (Å²) in [7, 11) is 0. The molecule has 0 bridgehead atoms. The van der Waals surface area contributed by atoms with Gasteiger partial charge in [-0.2, -0.15) is 0 Å². The van der Waals surface area contributed by atoms with Crippen molar-refractivity contribution in [3.05, 3.63) is 0 Å². The molecule has 1 atom stereocenters. The molecule has 0 aromatic carbocycles. The molecule has 120 valence electrons. The second kappa shape index (κ2) is 5.98. The summed E-state index contributed by atoms with van der Waals surface area (Å²) in [5.74, 6) is 0.209. The van der Waals surface area contributed by atoms with E-state index in [9.17, 15) is 9.59 Å². The average molecular weight is 294 g/mol. The van der Waals surface area contributed by atoms with E-state index in [4.69, 9.17) is 0 Å². The third-order valence-electron chi connectivity index (χ3n) is 5.36. The molecule has 2 aliphatic rings. The van der Waals surface area contributed by atoms with Crippen molar-refractivity contribution in [2.24, 2.45) is 5.41 Å². The monoisotopic (exact) mass is 294 g/mol. The molecule has 1 saturated carbocycles. The first-order valence-corrected chi connectivity index (χ1v) is 8.48. The lowest BCUT2D eigenvalue weighted by atomic mass is 9.77. The quantitative estimate of drug-likeness (QED) is 0.866. The minimum absolute atomic E-state index is 0.0471. The van der Waals surface area contributed by atoms with Crippen molar-refractivity contribution in [2.75, 3.05) is 6.54 Å². The van der Waals surface area contributed by atoms with Gasteiger partial charge in [-0.05, 0) is 31.1 Å². The Morgan fingerprint density at radius 3 is 2.33 bits per heavy atom. The van der Waals surface area contributed by atoms with Crippen LogP contribution in [0.1, 0.15) is 72.6 Å². The van der Waals surface area contributed by atoms with E-state index in [0.29, 0.717) is 13.0 Å². The van der Waals surface area contributed by atoms with Crippen LogP contribution in [0.4, 0.5) is 0 Å². The van der Waals surface area contributed by atoms with Gasteiger partial charge in [0.1, 0.15) is 11.6 Å². The van der Waals surface area contributed by atoms with Crippen molar-refractivity contribution in [3.8, 4) is 0 Å². The van der Waals surface area contributed by atoms with Gasteiger partial charge in [0.25, 0.3) is 0 Å². The first-order valence-electron chi connectivity index (χ1n) is 8.48. The molecule has 1 heterocycles. The molecule has 1 N–H and O–H groups in total. The van der Waals surface area contributed by atoms with Crippen LogP contribution in [-0.2, 0) is 9.59 Å². The second-order valence-electron chi connectivity index (χ2n) is 7.51. The number of hydrogen-bond acceptors (Lipinski definition) is 2. The number of piperazine rings is 1. The highest BCUT2D eigenvalue weighted by Crippen LogP contribution is 2.35. The van der Waals surface area contributed by atoms with Crippen molar-refractivity contribution in [3.63, 3.8) is 0 Å². The summed E-state index contributed by atoms with van der Waals surface area (Å²) >= 11 is 0. The Morgan fingerprint density at radius 2 is 1.81 bits per heavy atom. The molecule has 4 nitrogen and oxygen atoms in total. The number of nitrogens with zero attached hydrogens (tertiary/aromatic N) is 1. The summed E-state index contributed by atoms with van der Waals surface area (Å²) in [5.41, 5.74) is -0.554. The van der Waals surface area contributed by atoms with E-state index in [1.807, 2.05) is 11.8 Å². The number of rotatable bonds is 4. The SMILES string of the molecule is CCC1C(=O)NC2(CCCCC2)C(=O)N1CC(C)(C)CC. The zero-order valence-electron chi connectivity index (χ0n) is 14.0. The van der Waals surface area contributed by atoms with Crippen LogP contribution in [-0.4, -0.2) is 34.8 Å². The van der Waals surface area contributed by atoms with Crippen LogP contribution in [0.15, 0.2) is 0 Å². The van der Waals surface area contributed by atoms with E-state index >= 15 is 0 Å². The van der Waals surface area contributed by atoms with Crippen molar-refractivity contribution in [1.82, 2.24) is 10.2 Å². The standard InChI is InChI=1S/C17H30N2O2/c1-5-13-14(20)18-17(10-8-7-9-11-17)15(21)19(13)12-16(3,4)6-2/h13H,5-12H2,1-4H3,(H,18,20). The lowest BCUT2D eigenvalue weighted by Gasteiger charge is -2.49.